The van der Waals surface area contributed by atoms with Gasteiger partial charge in [-0.05, 0) is 35.4 Å². The fraction of sp³-hybridized carbons (Fsp3) is 0.222. The monoisotopic (exact) mass is 291 g/mol. The van der Waals surface area contributed by atoms with E-state index in [0.29, 0.717) is 6.54 Å². The third-order valence-electron chi connectivity index (χ3n) is 4.45. The molecule has 4 rings (SSSR count). The molecule has 0 fully saturated rings. The molecule has 22 heavy (non-hydrogen) atoms. The van der Waals surface area contributed by atoms with Gasteiger partial charge in [-0.2, -0.15) is 0 Å². The summed E-state index contributed by atoms with van der Waals surface area (Å²) in [5, 5.41) is 4.05. The van der Waals surface area contributed by atoms with Crippen LogP contribution in [0.1, 0.15) is 29.8 Å². The number of fused-ring (bicyclic) bond motifs is 2. The van der Waals surface area contributed by atoms with Crippen LogP contribution in [-0.4, -0.2) is 22.4 Å². The normalized spacial score (nSPS) is 16.4. The second-order valence-electron chi connectivity index (χ2n) is 6.43. The van der Waals surface area contributed by atoms with Gasteiger partial charge < -0.3 is 10.3 Å². The predicted molar refractivity (Wildman–Crippen MR) is 86.9 cm³/mol. The Kier molecular flexibility index (Phi) is 2.64. The predicted octanol–water partition coefficient (Wildman–Crippen LogP) is 3.25. The standard InChI is InChI=1S/C18H17N3O/c1-18(2)10-21-17(22)13-6-5-11(8-15(13)18)14-9-20-16-12(14)4-3-7-19-16/h3-9H,10H2,1-2H3,(H,19,20)(H,21,22). The molecule has 2 N–H and O–H groups in total. The van der Waals surface area contributed by atoms with Gasteiger partial charge in [0.2, 0.25) is 0 Å². The maximum absolute atomic E-state index is 12.1. The Bertz CT molecular complexity index is 892. The molecule has 1 aliphatic heterocycles. The lowest BCUT2D eigenvalue weighted by Crippen LogP contribution is -2.43. The summed E-state index contributed by atoms with van der Waals surface area (Å²) in [6.07, 6.45) is 3.76. The average molecular weight is 291 g/mol. The van der Waals surface area contributed by atoms with Crippen molar-refractivity contribution in [1.82, 2.24) is 15.3 Å². The van der Waals surface area contributed by atoms with Crippen molar-refractivity contribution in [2.24, 2.45) is 0 Å². The summed E-state index contributed by atoms with van der Waals surface area (Å²) in [5.74, 6) is 0.0152. The summed E-state index contributed by atoms with van der Waals surface area (Å²) < 4.78 is 0. The highest BCUT2D eigenvalue weighted by Gasteiger charge is 2.31. The lowest BCUT2D eigenvalue weighted by atomic mass is 9.78. The number of carbonyl (C=O) groups is 1. The molecule has 1 aromatic carbocycles. The van der Waals surface area contributed by atoms with E-state index in [1.165, 1.54) is 0 Å². The maximum atomic E-state index is 12.1. The molecule has 0 atom stereocenters. The van der Waals surface area contributed by atoms with Crippen molar-refractivity contribution in [2.45, 2.75) is 19.3 Å². The number of pyridine rings is 1. The Morgan fingerprint density at radius 3 is 2.91 bits per heavy atom. The van der Waals surface area contributed by atoms with Crippen LogP contribution in [0, 0.1) is 0 Å². The van der Waals surface area contributed by atoms with Crippen molar-refractivity contribution in [3.05, 3.63) is 53.9 Å². The van der Waals surface area contributed by atoms with Crippen molar-refractivity contribution >= 4 is 16.9 Å². The van der Waals surface area contributed by atoms with E-state index in [1.54, 1.807) is 6.20 Å². The number of rotatable bonds is 1. The summed E-state index contributed by atoms with van der Waals surface area (Å²) in [6.45, 7) is 4.98. The van der Waals surface area contributed by atoms with Gasteiger partial charge in [0.1, 0.15) is 5.65 Å². The first-order valence-corrected chi connectivity index (χ1v) is 7.41. The SMILES string of the molecule is CC1(C)CNC(=O)c2ccc(-c3c[nH]c4ncccc34)cc21. The fourth-order valence-electron chi connectivity index (χ4n) is 3.16. The van der Waals surface area contributed by atoms with E-state index in [9.17, 15) is 4.79 Å². The number of nitrogens with zero attached hydrogens (tertiary/aromatic N) is 1. The van der Waals surface area contributed by atoms with Crippen molar-refractivity contribution in [1.29, 1.82) is 0 Å². The summed E-state index contributed by atoms with van der Waals surface area (Å²) >= 11 is 0. The van der Waals surface area contributed by atoms with Gasteiger partial charge in [-0.3, -0.25) is 4.79 Å². The minimum Gasteiger partial charge on any atom is -0.351 e. The summed E-state index contributed by atoms with van der Waals surface area (Å²) in [6, 6.07) is 10.1. The number of amides is 1. The molecule has 0 aliphatic carbocycles. The number of hydrogen-bond acceptors (Lipinski definition) is 2. The largest absolute Gasteiger partial charge is 0.351 e. The van der Waals surface area contributed by atoms with Crippen LogP contribution in [0.15, 0.2) is 42.7 Å². The van der Waals surface area contributed by atoms with Crippen LogP contribution in [0.2, 0.25) is 0 Å². The molecular weight excluding hydrogens is 274 g/mol. The van der Waals surface area contributed by atoms with Gasteiger partial charge in [-0.1, -0.05) is 19.9 Å². The zero-order valence-corrected chi connectivity index (χ0v) is 12.6. The molecule has 0 radical (unpaired) electrons. The van der Waals surface area contributed by atoms with E-state index in [-0.39, 0.29) is 11.3 Å². The van der Waals surface area contributed by atoms with Crippen LogP contribution in [0.4, 0.5) is 0 Å². The molecule has 110 valence electrons. The molecule has 0 spiro atoms. The van der Waals surface area contributed by atoms with E-state index < -0.39 is 0 Å². The number of H-pyrrole nitrogens is 1. The lowest BCUT2D eigenvalue weighted by Gasteiger charge is -2.32. The highest BCUT2D eigenvalue weighted by atomic mass is 16.1. The van der Waals surface area contributed by atoms with Gasteiger partial charge in [-0.15, -0.1) is 0 Å². The van der Waals surface area contributed by atoms with E-state index in [0.717, 1.165) is 33.3 Å². The Balaban J connectivity index is 1.93. The molecule has 1 aliphatic rings. The number of aromatic amines is 1. The molecular formula is C18H17N3O. The van der Waals surface area contributed by atoms with Crippen LogP contribution < -0.4 is 5.32 Å². The van der Waals surface area contributed by atoms with Gasteiger partial charge >= 0.3 is 0 Å². The molecule has 3 heterocycles. The Morgan fingerprint density at radius 1 is 1.18 bits per heavy atom. The zero-order valence-electron chi connectivity index (χ0n) is 12.6. The third-order valence-corrected chi connectivity index (χ3v) is 4.45. The number of nitrogens with one attached hydrogen (secondary N) is 2. The van der Waals surface area contributed by atoms with E-state index in [2.05, 4.69) is 41.3 Å². The molecule has 4 nitrogen and oxygen atoms in total. The van der Waals surface area contributed by atoms with Crippen molar-refractivity contribution in [3.8, 4) is 11.1 Å². The molecule has 0 saturated carbocycles. The topological polar surface area (TPSA) is 57.8 Å². The minimum absolute atomic E-state index is 0.0152. The summed E-state index contributed by atoms with van der Waals surface area (Å²) in [7, 11) is 0. The molecule has 2 aromatic heterocycles. The van der Waals surface area contributed by atoms with Gasteiger partial charge in [-0.25, -0.2) is 4.98 Å². The molecule has 1 amide bonds. The van der Waals surface area contributed by atoms with Gasteiger partial charge in [0.05, 0.1) is 0 Å². The Morgan fingerprint density at radius 2 is 2.05 bits per heavy atom. The third kappa shape index (κ3) is 1.84. The Hall–Kier alpha value is -2.62. The Labute approximate surface area is 128 Å². The van der Waals surface area contributed by atoms with Crippen molar-refractivity contribution in [3.63, 3.8) is 0 Å². The van der Waals surface area contributed by atoms with Gasteiger partial charge in [0.15, 0.2) is 0 Å². The number of hydrogen-bond donors (Lipinski definition) is 2. The second-order valence-corrected chi connectivity index (χ2v) is 6.43. The van der Waals surface area contributed by atoms with Crippen molar-refractivity contribution in [2.75, 3.05) is 6.54 Å². The summed E-state index contributed by atoms with van der Waals surface area (Å²) in [4.78, 5) is 19.6. The van der Waals surface area contributed by atoms with E-state index in [1.807, 2.05) is 24.4 Å². The van der Waals surface area contributed by atoms with Gasteiger partial charge in [0.25, 0.3) is 5.91 Å². The van der Waals surface area contributed by atoms with E-state index in [4.69, 9.17) is 0 Å². The first-order chi connectivity index (χ1) is 10.6. The van der Waals surface area contributed by atoms with Crippen LogP contribution in [0.25, 0.3) is 22.2 Å². The molecule has 0 unspecified atom stereocenters. The second kappa shape index (κ2) is 4.44. The molecule has 0 bridgehead atoms. The molecule has 0 saturated heterocycles. The fourth-order valence-corrected chi connectivity index (χ4v) is 3.16. The maximum Gasteiger partial charge on any atom is 0.251 e. The van der Waals surface area contributed by atoms with Crippen LogP contribution in [0.3, 0.4) is 0 Å². The smallest absolute Gasteiger partial charge is 0.251 e. The number of aromatic nitrogens is 2. The van der Waals surface area contributed by atoms with Crippen LogP contribution >= 0.6 is 0 Å². The van der Waals surface area contributed by atoms with Crippen LogP contribution in [0.5, 0.6) is 0 Å². The molecule has 4 heteroatoms. The quantitative estimate of drug-likeness (QED) is 0.723. The lowest BCUT2D eigenvalue weighted by molar-refractivity contribution is 0.0930. The van der Waals surface area contributed by atoms with Gasteiger partial charge in [0, 0.05) is 40.9 Å². The average Bonchev–Trinajstić information content (AvgIpc) is 2.95. The minimum atomic E-state index is -0.0659. The first-order valence-electron chi connectivity index (χ1n) is 7.41. The number of carbonyl (C=O) groups excluding carboxylic acids is 1. The van der Waals surface area contributed by atoms with Crippen molar-refractivity contribution < 1.29 is 4.79 Å². The van der Waals surface area contributed by atoms with Crippen LogP contribution in [-0.2, 0) is 5.41 Å². The zero-order chi connectivity index (χ0) is 15.3. The highest BCUT2D eigenvalue weighted by Crippen LogP contribution is 2.35. The first kappa shape index (κ1) is 13.1. The summed E-state index contributed by atoms with van der Waals surface area (Å²) in [5.41, 5.74) is 4.93. The highest BCUT2D eigenvalue weighted by molar-refractivity contribution is 5.99. The molecule has 3 aromatic rings. The number of benzene rings is 1. The van der Waals surface area contributed by atoms with E-state index >= 15 is 0 Å².